The van der Waals surface area contributed by atoms with Crippen LogP contribution in [-0.2, 0) is 9.59 Å². The Balaban J connectivity index is 2.74. The first-order valence-corrected chi connectivity index (χ1v) is 9.20. The number of carbonyl (C=O) groups excluding carboxylic acids is 3. The second kappa shape index (κ2) is 10.1. The van der Waals surface area contributed by atoms with Crippen molar-refractivity contribution in [2.45, 2.75) is 59.9 Å². The molecule has 1 aromatic carbocycles. The Morgan fingerprint density at radius 2 is 1.70 bits per heavy atom. The Bertz CT molecular complexity index is 638. The van der Waals surface area contributed by atoms with Crippen molar-refractivity contribution in [1.29, 1.82) is 0 Å². The predicted octanol–water partition coefficient (Wildman–Crippen LogP) is 3.79. The molecule has 0 radical (unpaired) electrons. The normalized spacial score (nSPS) is 12.4. The summed E-state index contributed by atoms with van der Waals surface area (Å²) in [6.07, 6.45) is 1.47. The van der Waals surface area contributed by atoms with Crippen LogP contribution in [0, 0.1) is 11.3 Å². The summed E-state index contributed by atoms with van der Waals surface area (Å²) in [4.78, 5) is 36.9. The molecular formula is C20H31N3O4. The quantitative estimate of drug-likeness (QED) is 0.497. The van der Waals surface area contributed by atoms with E-state index in [4.69, 9.17) is 0 Å². The van der Waals surface area contributed by atoms with Gasteiger partial charge in [0.2, 0.25) is 5.91 Å². The number of hydroxylamine groups is 2. The first kappa shape index (κ1) is 22.6. The first-order valence-electron chi connectivity index (χ1n) is 9.20. The molecule has 7 nitrogen and oxygen atoms in total. The van der Waals surface area contributed by atoms with Crippen molar-refractivity contribution >= 4 is 23.5 Å². The molecule has 0 aliphatic carbocycles. The Hall–Kier alpha value is -2.41. The van der Waals surface area contributed by atoms with Crippen molar-refractivity contribution in [1.82, 2.24) is 10.4 Å². The van der Waals surface area contributed by atoms with E-state index in [-0.39, 0.29) is 11.5 Å². The molecule has 0 saturated heterocycles. The van der Waals surface area contributed by atoms with Crippen molar-refractivity contribution < 1.29 is 19.6 Å². The third-order valence-electron chi connectivity index (χ3n) is 4.04. The molecule has 150 valence electrons. The van der Waals surface area contributed by atoms with Gasteiger partial charge in [-0.05, 0) is 29.9 Å². The summed E-state index contributed by atoms with van der Waals surface area (Å²) in [5.74, 6) is -0.683. The fourth-order valence-electron chi connectivity index (χ4n) is 2.48. The molecule has 0 heterocycles. The second-order valence-corrected chi connectivity index (χ2v) is 8.10. The summed E-state index contributed by atoms with van der Waals surface area (Å²) in [5, 5.41) is 15.1. The number of nitrogens with one attached hydrogen (secondary N) is 2. The predicted molar refractivity (Wildman–Crippen MR) is 104 cm³/mol. The molecule has 7 heteroatoms. The first-order chi connectivity index (χ1) is 12.5. The van der Waals surface area contributed by atoms with Gasteiger partial charge in [-0.1, -0.05) is 59.2 Å². The molecule has 1 aromatic rings. The zero-order valence-electron chi connectivity index (χ0n) is 16.8. The number of carbonyl (C=O) groups is 3. The lowest BCUT2D eigenvalue weighted by Crippen LogP contribution is -2.55. The molecule has 0 saturated carbocycles. The van der Waals surface area contributed by atoms with Crippen molar-refractivity contribution in [3.8, 4) is 0 Å². The standard InChI is InChI=1S/C20H31N3O4/c1-14(2)10-9-13-16(24)23(27)19(26)22-17(20(3,4)5)18(25)21-15-11-7-6-8-12-15/h6-8,11-12,14,17,27H,9-10,13H2,1-5H3,(H,21,25)(H,22,26)/t17-/m1/s1. The number of hydrogen-bond donors (Lipinski definition) is 3. The van der Waals surface area contributed by atoms with E-state index in [2.05, 4.69) is 10.6 Å². The highest BCUT2D eigenvalue weighted by atomic mass is 16.5. The molecule has 1 atom stereocenters. The smallest absolute Gasteiger partial charge is 0.324 e. The van der Waals surface area contributed by atoms with E-state index in [0.29, 0.717) is 18.0 Å². The van der Waals surface area contributed by atoms with Crippen LogP contribution in [0.4, 0.5) is 10.5 Å². The highest BCUT2D eigenvalue weighted by molar-refractivity contribution is 5.99. The summed E-state index contributed by atoms with van der Waals surface area (Å²) < 4.78 is 0. The number of nitrogens with zero attached hydrogens (tertiary/aromatic N) is 1. The molecule has 1 rings (SSSR count). The van der Waals surface area contributed by atoms with E-state index < -0.39 is 29.3 Å². The number of para-hydroxylation sites is 1. The molecular weight excluding hydrogens is 346 g/mol. The van der Waals surface area contributed by atoms with Gasteiger partial charge < -0.3 is 10.6 Å². The molecule has 0 fully saturated rings. The van der Waals surface area contributed by atoms with Crippen LogP contribution in [0.1, 0.15) is 53.9 Å². The lowest BCUT2D eigenvalue weighted by Gasteiger charge is -2.31. The maximum atomic E-state index is 12.6. The van der Waals surface area contributed by atoms with Gasteiger partial charge in [-0.3, -0.25) is 14.8 Å². The number of hydrogen-bond acceptors (Lipinski definition) is 4. The summed E-state index contributed by atoms with van der Waals surface area (Å²) in [7, 11) is 0. The zero-order valence-corrected chi connectivity index (χ0v) is 16.8. The van der Waals surface area contributed by atoms with Crippen LogP contribution in [0.15, 0.2) is 30.3 Å². The van der Waals surface area contributed by atoms with Crippen LogP contribution >= 0.6 is 0 Å². The monoisotopic (exact) mass is 377 g/mol. The largest absolute Gasteiger partial charge is 0.349 e. The number of anilines is 1. The molecule has 0 aromatic heterocycles. The van der Waals surface area contributed by atoms with E-state index in [1.165, 1.54) is 0 Å². The van der Waals surface area contributed by atoms with Crippen LogP contribution in [0.25, 0.3) is 0 Å². The van der Waals surface area contributed by atoms with Crippen LogP contribution in [-0.4, -0.2) is 34.2 Å². The minimum absolute atomic E-state index is 0.0643. The van der Waals surface area contributed by atoms with Gasteiger partial charge in [0.15, 0.2) is 0 Å². The van der Waals surface area contributed by atoms with Crippen molar-refractivity contribution in [3.05, 3.63) is 30.3 Å². The average Bonchev–Trinajstić information content (AvgIpc) is 2.58. The van der Waals surface area contributed by atoms with Crippen LogP contribution in [0.2, 0.25) is 0 Å². The van der Waals surface area contributed by atoms with Crippen molar-refractivity contribution in [2.24, 2.45) is 11.3 Å². The van der Waals surface area contributed by atoms with Crippen molar-refractivity contribution in [3.63, 3.8) is 0 Å². The van der Waals surface area contributed by atoms with E-state index in [1.54, 1.807) is 45.0 Å². The van der Waals surface area contributed by atoms with Gasteiger partial charge >= 0.3 is 6.03 Å². The van der Waals surface area contributed by atoms with Gasteiger partial charge in [-0.25, -0.2) is 4.79 Å². The Morgan fingerprint density at radius 1 is 1.11 bits per heavy atom. The molecule has 0 bridgehead atoms. The second-order valence-electron chi connectivity index (χ2n) is 8.10. The van der Waals surface area contributed by atoms with Crippen LogP contribution in [0.3, 0.4) is 0 Å². The minimum Gasteiger partial charge on any atom is -0.324 e. The Kier molecular flexibility index (Phi) is 8.43. The van der Waals surface area contributed by atoms with Gasteiger partial charge in [-0.2, -0.15) is 0 Å². The molecule has 0 aliphatic rings. The molecule has 0 spiro atoms. The summed E-state index contributed by atoms with van der Waals surface area (Å²) in [6, 6.07) is 6.91. The Labute approximate surface area is 161 Å². The molecule has 27 heavy (non-hydrogen) atoms. The van der Waals surface area contributed by atoms with Gasteiger partial charge in [0.1, 0.15) is 6.04 Å². The zero-order chi connectivity index (χ0) is 20.6. The highest BCUT2D eigenvalue weighted by Crippen LogP contribution is 2.21. The maximum absolute atomic E-state index is 12.6. The maximum Gasteiger partial charge on any atom is 0.349 e. The SMILES string of the molecule is CC(C)CCCC(=O)N(O)C(=O)N[C@H](C(=O)Nc1ccccc1)C(C)(C)C. The summed E-state index contributed by atoms with van der Waals surface area (Å²) >= 11 is 0. The number of amides is 4. The summed E-state index contributed by atoms with van der Waals surface area (Å²) in [6.45, 7) is 9.43. The number of benzene rings is 1. The average molecular weight is 377 g/mol. The lowest BCUT2D eigenvalue weighted by atomic mass is 9.86. The number of rotatable bonds is 7. The Morgan fingerprint density at radius 3 is 2.22 bits per heavy atom. The fourth-order valence-corrected chi connectivity index (χ4v) is 2.48. The molecule has 0 aliphatic heterocycles. The number of imide groups is 1. The van der Waals surface area contributed by atoms with Gasteiger partial charge in [0.25, 0.3) is 5.91 Å². The molecule has 0 unspecified atom stereocenters. The van der Waals surface area contributed by atoms with E-state index in [1.807, 2.05) is 19.9 Å². The number of urea groups is 1. The van der Waals surface area contributed by atoms with Crippen molar-refractivity contribution in [2.75, 3.05) is 5.32 Å². The van der Waals surface area contributed by atoms with Crippen LogP contribution in [0.5, 0.6) is 0 Å². The van der Waals surface area contributed by atoms with E-state index in [9.17, 15) is 19.6 Å². The minimum atomic E-state index is -1.01. The van der Waals surface area contributed by atoms with E-state index in [0.717, 1.165) is 6.42 Å². The van der Waals surface area contributed by atoms with Gasteiger partial charge in [0, 0.05) is 12.1 Å². The van der Waals surface area contributed by atoms with E-state index >= 15 is 0 Å². The summed E-state index contributed by atoms with van der Waals surface area (Å²) in [5.41, 5.74) is -0.0348. The van der Waals surface area contributed by atoms with Gasteiger partial charge in [-0.15, -0.1) is 5.06 Å². The van der Waals surface area contributed by atoms with Crippen LogP contribution < -0.4 is 10.6 Å². The van der Waals surface area contributed by atoms with Gasteiger partial charge in [0.05, 0.1) is 0 Å². The topological polar surface area (TPSA) is 98.7 Å². The highest BCUT2D eigenvalue weighted by Gasteiger charge is 2.35. The molecule has 4 amide bonds. The fraction of sp³-hybridized carbons (Fsp3) is 0.550. The molecule has 3 N–H and O–H groups in total. The lowest BCUT2D eigenvalue weighted by molar-refractivity contribution is -0.153. The third kappa shape index (κ3) is 7.78. The third-order valence-corrected chi connectivity index (χ3v) is 4.04.